The molecule has 0 bridgehead atoms. The molecule has 0 heterocycles. The molecule has 4 nitrogen and oxygen atoms in total. The summed E-state index contributed by atoms with van der Waals surface area (Å²) in [4.78, 5) is 23.0. The van der Waals surface area contributed by atoms with E-state index in [4.69, 9.17) is 0 Å². The van der Waals surface area contributed by atoms with Gasteiger partial charge >= 0.3 is 12.1 Å². The minimum absolute atomic E-state index is 0.465. The Morgan fingerprint density at radius 3 is 2.29 bits per heavy atom. The van der Waals surface area contributed by atoms with Crippen molar-refractivity contribution in [2.75, 3.05) is 5.32 Å². The molecule has 116 valence electrons. The predicted molar refractivity (Wildman–Crippen MR) is 72.6 cm³/mol. The van der Waals surface area contributed by atoms with Crippen LogP contribution >= 0.6 is 0 Å². The molecule has 0 radical (unpaired) electrons. The highest BCUT2D eigenvalue weighted by Crippen LogP contribution is 2.17. The third-order valence-electron chi connectivity index (χ3n) is 2.78. The molecule has 0 fully saturated rings. The van der Waals surface area contributed by atoms with Gasteiger partial charge in [0.2, 0.25) is 5.91 Å². The van der Waals surface area contributed by atoms with Crippen LogP contribution in [0.1, 0.15) is 19.4 Å². The molecular weight excluding hydrogens is 285 g/mol. The number of alkyl halides is 3. The van der Waals surface area contributed by atoms with Gasteiger partial charge in [0.1, 0.15) is 6.04 Å². The van der Waals surface area contributed by atoms with Crippen molar-refractivity contribution in [3.8, 4) is 0 Å². The average Bonchev–Trinajstić information content (AvgIpc) is 2.33. The number of rotatable bonds is 4. The van der Waals surface area contributed by atoms with Crippen LogP contribution in [0, 0.1) is 12.8 Å². The molecule has 1 aromatic rings. The second-order valence-corrected chi connectivity index (χ2v) is 5.05. The van der Waals surface area contributed by atoms with Gasteiger partial charge in [-0.05, 0) is 30.5 Å². The van der Waals surface area contributed by atoms with Crippen molar-refractivity contribution in [1.82, 2.24) is 5.32 Å². The first-order valence-corrected chi connectivity index (χ1v) is 6.36. The monoisotopic (exact) mass is 302 g/mol. The summed E-state index contributed by atoms with van der Waals surface area (Å²) in [5.74, 6) is -3.30. The van der Waals surface area contributed by atoms with Gasteiger partial charge < -0.3 is 10.6 Å². The highest BCUT2D eigenvalue weighted by atomic mass is 19.4. The number of halogens is 3. The zero-order chi connectivity index (χ0) is 16.2. The van der Waals surface area contributed by atoms with Crippen LogP contribution in [0.2, 0.25) is 0 Å². The summed E-state index contributed by atoms with van der Waals surface area (Å²) in [7, 11) is 0. The van der Waals surface area contributed by atoms with Crippen molar-refractivity contribution in [1.29, 1.82) is 0 Å². The van der Waals surface area contributed by atoms with Crippen molar-refractivity contribution >= 4 is 17.5 Å². The summed E-state index contributed by atoms with van der Waals surface area (Å²) < 4.78 is 36.8. The summed E-state index contributed by atoms with van der Waals surface area (Å²) in [6, 6.07) is 5.57. The van der Waals surface area contributed by atoms with E-state index < -0.39 is 30.0 Å². The standard InChI is InChI=1S/C14H17F3N2O2/c1-8(2)11(19-13(21)14(15,16)17)12(20)18-10-6-4-5-9(3)7-10/h4-8,11H,1-3H3,(H,18,20)(H,19,21)/t11-/m1/s1. The van der Waals surface area contributed by atoms with Crippen LogP contribution in [0.15, 0.2) is 24.3 Å². The molecule has 0 unspecified atom stereocenters. The fourth-order valence-corrected chi connectivity index (χ4v) is 1.70. The van der Waals surface area contributed by atoms with Crippen molar-refractivity contribution < 1.29 is 22.8 Å². The van der Waals surface area contributed by atoms with Gasteiger partial charge in [0.15, 0.2) is 0 Å². The summed E-state index contributed by atoms with van der Waals surface area (Å²) in [5, 5.41) is 4.22. The van der Waals surface area contributed by atoms with Gasteiger partial charge in [-0.2, -0.15) is 13.2 Å². The van der Waals surface area contributed by atoms with Crippen LogP contribution in [0.3, 0.4) is 0 Å². The van der Waals surface area contributed by atoms with Crippen LogP contribution in [-0.4, -0.2) is 24.0 Å². The number of hydrogen-bond acceptors (Lipinski definition) is 2. The fourth-order valence-electron chi connectivity index (χ4n) is 1.70. The maximum atomic E-state index is 12.3. The predicted octanol–water partition coefficient (Wildman–Crippen LogP) is 2.64. The smallest absolute Gasteiger partial charge is 0.336 e. The molecule has 0 saturated heterocycles. The molecule has 2 N–H and O–H groups in total. The van der Waals surface area contributed by atoms with E-state index in [1.807, 2.05) is 13.0 Å². The van der Waals surface area contributed by atoms with E-state index in [2.05, 4.69) is 5.32 Å². The molecular formula is C14H17F3N2O2. The average molecular weight is 302 g/mol. The second kappa shape index (κ2) is 6.60. The Morgan fingerprint density at radius 1 is 1.19 bits per heavy atom. The van der Waals surface area contributed by atoms with E-state index in [1.165, 1.54) is 0 Å². The van der Waals surface area contributed by atoms with Crippen molar-refractivity contribution in [3.63, 3.8) is 0 Å². The summed E-state index contributed by atoms with van der Waals surface area (Å²) >= 11 is 0. The Balaban J connectivity index is 2.81. The normalized spacial score (nSPS) is 12.9. The lowest BCUT2D eigenvalue weighted by Crippen LogP contribution is -2.51. The lowest BCUT2D eigenvalue weighted by atomic mass is 10.0. The third-order valence-corrected chi connectivity index (χ3v) is 2.78. The Morgan fingerprint density at radius 2 is 1.81 bits per heavy atom. The van der Waals surface area contributed by atoms with E-state index >= 15 is 0 Å². The molecule has 1 atom stereocenters. The second-order valence-electron chi connectivity index (χ2n) is 5.05. The first-order valence-electron chi connectivity index (χ1n) is 6.36. The van der Waals surface area contributed by atoms with Gasteiger partial charge in [0.25, 0.3) is 0 Å². The van der Waals surface area contributed by atoms with Crippen LogP contribution in [0.5, 0.6) is 0 Å². The van der Waals surface area contributed by atoms with Crippen LogP contribution in [0.4, 0.5) is 18.9 Å². The molecule has 21 heavy (non-hydrogen) atoms. The van der Waals surface area contributed by atoms with Gasteiger partial charge in [-0.15, -0.1) is 0 Å². The SMILES string of the molecule is Cc1cccc(NC(=O)[C@H](NC(=O)C(F)(F)F)C(C)C)c1. The maximum absolute atomic E-state index is 12.3. The number of benzene rings is 1. The molecule has 0 aliphatic rings. The Bertz CT molecular complexity index is 527. The lowest BCUT2D eigenvalue weighted by Gasteiger charge is -2.22. The molecule has 1 aromatic carbocycles. The molecule has 2 amide bonds. The van der Waals surface area contributed by atoms with Gasteiger partial charge in [-0.1, -0.05) is 26.0 Å². The van der Waals surface area contributed by atoms with E-state index in [1.54, 1.807) is 37.4 Å². The van der Waals surface area contributed by atoms with E-state index in [0.29, 0.717) is 5.69 Å². The first-order chi connectivity index (χ1) is 9.61. The largest absolute Gasteiger partial charge is 0.471 e. The summed E-state index contributed by atoms with van der Waals surface area (Å²) in [5.41, 5.74) is 1.36. The van der Waals surface area contributed by atoms with Crippen molar-refractivity contribution in [2.24, 2.45) is 5.92 Å². The molecule has 1 rings (SSSR count). The van der Waals surface area contributed by atoms with Crippen LogP contribution in [-0.2, 0) is 9.59 Å². The molecule has 0 spiro atoms. The molecule has 0 aromatic heterocycles. The quantitative estimate of drug-likeness (QED) is 0.898. The number of carbonyl (C=O) groups is 2. The van der Waals surface area contributed by atoms with E-state index in [0.717, 1.165) is 5.56 Å². The van der Waals surface area contributed by atoms with Crippen molar-refractivity contribution in [3.05, 3.63) is 29.8 Å². The van der Waals surface area contributed by atoms with Gasteiger partial charge in [-0.3, -0.25) is 9.59 Å². The number of hydrogen-bond donors (Lipinski definition) is 2. The molecule has 7 heteroatoms. The van der Waals surface area contributed by atoms with E-state index in [-0.39, 0.29) is 0 Å². The van der Waals surface area contributed by atoms with Crippen LogP contribution < -0.4 is 10.6 Å². The highest BCUT2D eigenvalue weighted by molar-refractivity contribution is 5.98. The van der Waals surface area contributed by atoms with Crippen LogP contribution in [0.25, 0.3) is 0 Å². The molecule has 0 aliphatic carbocycles. The summed E-state index contributed by atoms with van der Waals surface area (Å²) in [6.45, 7) is 4.93. The topological polar surface area (TPSA) is 58.2 Å². The number of aryl methyl sites for hydroxylation is 1. The van der Waals surface area contributed by atoms with Gasteiger partial charge in [0.05, 0.1) is 0 Å². The first kappa shape index (κ1) is 17.0. The fraction of sp³-hybridized carbons (Fsp3) is 0.429. The van der Waals surface area contributed by atoms with Gasteiger partial charge in [-0.25, -0.2) is 0 Å². The minimum atomic E-state index is -5.02. The number of carbonyl (C=O) groups excluding carboxylic acids is 2. The van der Waals surface area contributed by atoms with Crippen molar-refractivity contribution in [2.45, 2.75) is 33.0 Å². The number of anilines is 1. The zero-order valence-electron chi connectivity index (χ0n) is 11.9. The zero-order valence-corrected chi connectivity index (χ0v) is 11.9. The molecule has 0 saturated carbocycles. The van der Waals surface area contributed by atoms with Gasteiger partial charge in [0, 0.05) is 5.69 Å². The lowest BCUT2D eigenvalue weighted by molar-refractivity contribution is -0.175. The summed E-state index contributed by atoms with van der Waals surface area (Å²) in [6.07, 6.45) is -5.02. The Kier molecular flexibility index (Phi) is 5.34. The minimum Gasteiger partial charge on any atom is -0.336 e. The number of amides is 2. The highest BCUT2D eigenvalue weighted by Gasteiger charge is 2.41. The maximum Gasteiger partial charge on any atom is 0.471 e. The Labute approximate surface area is 120 Å². The Hall–Kier alpha value is -2.05. The van der Waals surface area contributed by atoms with E-state index in [9.17, 15) is 22.8 Å². The number of nitrogens with one attached hydrogen (secondary N) is 2. The molecule has 0 aliphatic heterocycles. The third kappa shape index (κ3) is 5.09.